The van der Waals surface area contributed by atoms with Crippen molar-refractivity contribution in [3.8, 4) is 10.6 Å². The van der Waals surface area contributed by atoms with E-state index in [1.165, 1.54) is 16.0 Å². The highest BCUT2D eigenvalue weighted by molar-refractivity contribution is 7.15. The SMILES string of the molecule is O=C1CCCN1Cc1ccccc1NCc1cnc(-c2ccsc2)s1. The van der Waals surface area contributed by atoms with E-state index in [4.69, 9.17) is 0 Å². The molecule has 0 spiro atoms. The Kier molecular flexibility index (Phi) is 4.81. The summed E-state index contributed by atoms with van der Waals surface area (Å²) in [5, 5.41) is 8.77. The molecule has 0 unspecified atom stereocenters. The van der Waals surface area contributed by atoms with Crippen molar-refractivity contribution >= 4 is 34.3 Å². The number of hydrogen-bond acceptors (Lipinski definition) is 5. The molecule has 1 fully saturated rings. The fourth-order valence-electron chi connectivity index (χ4n) is 3.00. The van der Waals surface area contributed by atoms with E-state index in [1.54, 1.807) is 22.7 Å². The van der Waals surface area contributed by atoms with Crippen LogP contribution < -0.4 is 5.32 Å². The number of nitrogens with zero attached hydrogens (tertiary/aromatic N) is 2. The summed E-state index contributed by atoms with van der Waals surface area (Å²) >= 11 is 3.41. The summed E-state index contributed by atoms with van der Waals surface area (Å²) in [6.07, 6.45) is 3.60. The number of benzene rings is 1. The Labute approximate surface area is 155 Å². The fourth-order valence-corrected chi connectivity index (χ4v) is 4.56. The van der Waals surface area contributed by atoms with Crippen LogP contribution in [-0.2, 0) is 17.9 Å². The summed E-state index contributed by atoms with van der Waals surface area (Å²) < 4.78 is 0. The monoisotopic (exact) mass is 369 g/mol. The molecule has 3 aromatic rings. The maximum absolute atomic E-state index is 11.9. The zero-order valence-corrected chi connectivity index (χ0v) is 15.4. The van der Waals surface area contributed by atoms with Gasteiger partial charge >= 0.3 is 0 Å². The zero-order valence-electron chi connectivity index (χ0n) is 13.8. The number of aromatic nitrogens is 1. The third-order valence-electron chi connectivity index (χ3n) is 4.32. The van der Waals surface area contributed by atoms with Crippen LogP contribution in [0.25, 0.3) is 10.6 Å². The lowest BCUT2D eigenvalue weighted by atomic mass is 10.1. The quantitative estimate of drug-likeness (QED) is 0.690. The first-order chi connectivity index (χ1) is 12.3. The van der Waals surface area contributed by atoms with Crippen LogP contribution in [0.5, 0.6) is 0 Å². The Morgan fingerprint density at radius 3 is 2.96 bits per heavy atom. The molecule has 2 aromatic heterocycles. The lowest BCUT2D eigenvalue weighted by molar-refractivity contribution is -0.128. The van der Waals surface area contributed by atoms with Gasteiger partial charge in [-0.25, -0.2) is 4.98 Å². The maximum atomic E-state index is 11.9. The molecule has 4 rings (SSSR count). The topological polar surface area (TPSA) is 45.2 Å². The molecule has 128 valence electrons. The van der Waals surface area contributed by atoms with Crippen LogP contribution in [0.3, 0.4) is 0 Å². The molecule has 25 heavy (non-hydrogen) atoms. The Hall–Kier alpha value is -2.18. The molecule has 3 heterocycles. The average Bonchev–Trinajstić information content (AvgIpc) is 3.36. The van der Waals surface area contributed by atoms with Crippen LogP contribution in [0.4, 0.5) is 5.69 Å². The zero-order chi connectivity index (χ0) is 17.1. The molecule has 1 amide bonds. The van der Waals surface area contributed by atoms with Gasteiger partial charge in [-0.3, -0.25) is 4.79 Å². The average molecular weight is 370 g/mol. The molecular weight excluding hydrogens is 350 g/mol. The number of likely N-dealkylation sites (tertiary alicyclic amines) is 1. The van der Waals surface area contributed by atoms with Crippen LogP contribution in [0.2, 0.25) is 0 Å². The number of thiazole rings is 1. The van der Waals surface area contributed by atoms with E-state index in [-0.39, 0.29) is 5.91 Å². The molecular formula is C19H19N3OS2. The van der Waals surface area contributed by atoms with Crippen molar-refractivity contribution in [3.05, 3.63) is 57.7 Å². The number of carbonyl (C=O) groups excluding carboxylic acids is 1. The number of para-hydroxylation sites is 1. The van der Waals surface area contributed by atoms with Crippen molar-refractivity contribution in [2.24, 2.45) is 0 Å². The summed E-state index contributed by atoms with van der Waals surface area (Å²) in [5.74, 6) is 0.262. The largest absolute Gasteiger partial charge is 0.380 e. The molecule has 1 N–H and O–H groups in total. The number of hydrogen-bond donors (Lipinski definition) is 1. The van der Waals surface area contributed by atoms with Gasteiger partial charge in [0.2, 0.25) is 5.91 Å². The third-order valence-corrected chi connectivity index (χ3v) is 6.05. The summed E-state index contributed by atoms with van der Waals surface area (Å²) in [7, 11) is 0. The van der Waals surface area contributed by atoms with Crippen molar-refractivity contribution in [2.75, 3.05) is 11.9 Å². The lowest BCUT2D eigenvalue weighted by Crippen LogP contribution is -2.24. The summed E-state index contributed by atoms with van der Waals surface area (Å²) in [4.78, 5) is 19.6. The minimum absolute atomic E-state index is 0.262. The molecule has 1 aliphatic heterocycles. The second-order valence-corrected chi connectivity index (χ2v) is 7.97. The van der Waals surface area contributed by atoms with Crippen LogP contribution in [0.15, 0.2) is 47.3 Å². The maximum Gasteiger partial charge on any atom is 0.222 e. The van der Waals surface area contributed by atoms with Gasteiger partial charge in [-0.1, -0.05) is 18.2 Å². The molecule has 0 bridgehead atoms. The minimum Gasteiger partial charge on any atom is -0.380 e. The van der Waals surface area contributed by atoms with Gasteiger partial charge in [0.25, 0.3) is 0 Å². The number of thiophene rings is 1. The van der Waals surface area contributed by atoms with Crippen LogP contribution in [0.1, 0.15) is 23.3 Å². The highest BCUT2D eigenvalue weighted by Gasteiger charge is 2.20. The first-order valence-corrected chi connectivity index (χ1v) is 10.1. The number of carbonyl (C=O) groups is 1. The molecule has 1 saturated heterocycles. The summed E-state index contributed by atoms with van der Waals surface area (Å²) in [6.45, 7) is 2.30. The lowest BCUT2D eigenvalue weighted by Gasteiger charge is -2.18. The van der Waals surface area contributed by atoms with E-state index in [9.17, 15) is 4.79 Å². The van der Waals surface area contributed by atoms with Gasteiger partial charge in [-0.15, -0.1) is 11.3 Å². The van der Waals surface area contributed by atoms with E-state index in [1.807, 2.05) is 23.2 Å². The highest BCUT2D eigenvalue weighted by atomic mass is 32.1. The molecule has 1 aliphatic rings. The number of amides is 1. The smallest absolute Gasteiger partial charge is 0.222 e. The number of rotatable bonds is 6. The molecule has 0 atom stereocenters. The van der Waals surface area contributed by atoms with Gasteiger partial charge in [0.15, 0.2) is 0 Å². The van der Waals surface area contributed by atoms with Gasteiger partial charge in [0.1, 0.15) is 5.01 Å². The second kappa shape index (κ2) is 7.37. The van der Waals surface area contributed by atoms with E-state index in [0.29, 0.717) is 13.0 Å². The van der Waals surface area contributed by atoms with Gasteiger partial charge < -0.3 is 10.2 Å². The normalized spacial score (nSPS) is 14.2. The Morgan fingerprint density at radius 2 is 2.16 bits per heavy atom. The van der Waals surface area contributed by atoms with Crippen LogP contribution in [0, 0.1) is 0 Å². The third kappa shape index (κ3) is 3.75. The first-order valence-electron chi connectivity index (χ1n) is 8.36. The Morgan fingerprint density at radius 1 is 1.24 bits per heavy atom. The van der Waals surface area contributed by atoms with Crippen molar-refractivity contribution in [1.29, 1.82) is 0 Å². The molecule has 4 nitrogen and oxygen atoms in total. The first kappa shape index (κ1) is 16.3. The molecule has 1 aromatic carbocycles. The second-order valence-electron chi connectivity index (χ2n) is 6.07. The van der Waals surface area contributed by atoms with Crippen molar-refractivity contribution < 1.29 is 4.79 Å². The molecule has 0 radical (unpaired) electrons. The van der Waals surface area contributed by atoms with E-state index in [0.717, 1.165) is 30.2 Å². The van der Waals surface area contributed by atoms with Gasteiger partial charge in [0.05, 0.1) is 6.54 Å². The van der Waals surface area contributed by atoms with E-state index >= 15 is 0 Å². The van der Waals surface area contributed by atoms with Crippen molar-refractivity contribution in [1.82, 2.24) is 9.88 Å². The van der Waals surface area contributed by atoms with Crippen molar-refractivity contribution in [3.63, 3.8) is 0 Å². The van der Waals surface area contributed by atoms with Crippen LogP contribution >= 0.6 is 22.7 Å². The predicted octanol–water partition coefficient (Wildman–Crippen LogP) is 4.61. The standard InChI is InChI=1S/C19H19N3OS2/c23-18-6-3-8-22(18)12-14-4-1-2-5-17(14)20-10-16-11-21-19(25-16)15-7-9-24-13-15/h1-2,4-5,7,9,11,13,20H,3,6,8,10,12H2. The molecule has 0 saturated carbocycles. The number of anilines is 1. The van der Waals surface area contributed by atoms with E-state index < -0.39 is 0 Å². The number of nitrogens with one attached hydrogen (secondary N) is 1. The Balaban J connectivity index is 1.43. The van der Waals surface area contributed by atoms with Gasteiger partial charge in [0, 0.05) is 47.2 Å². The Bertz CT molecular complexity index is 857. The highest BCUT2D eigenvalue weighted by Crippen LogP contribution is 2.28. The minimum atomic E-state index is 0.262. The fraction of sp³-hybridized carbons (Fsp3) is 0.263. The molecule has 6 heteroatoms. The van der Waals surface area contributed by atoms with Crippen molar-refractivity contribution in [2.45, 2.75) is 25.9 Å². The summed E-state index contributed by atoms with van der Waals surface area (Å²) in [6, 6.07) is 10.3. The van der Waals surface area contributed by atoms with Crippen LogP contribution in [-0.4, -0.2) is 22.3 Å². The molecule has 0 aliphatic carbocycles. The van der Waals surface area contributed by atoms with Gasteiger partial charge in [-0.05, 0) is 29.5 Å². The van der Waals surface area contributed by atoms with Gasteiger partial charge in [-0.2, -0.15) is 11.3 Å². The predicted molar refractivity (Wildman–Crippen MR) is 104 cm³/mol. The van der Waals surface area contributed by atoms with E-state index in [2.05, 4.69) is 39.3 Å². The summed E-state index contributed by atoms with van der Waals surface area (Å²) in [5.41, 5.74) is 3.45.